The van der Waals surface area contributed by atoms with Gasteiger partial charge in [0.25, 0.3) is 0 Å². The number of rotatable bonds is 6. The normalized spacial score (nSPS) is 11.3. The molecule has 4 aromatic rings. The first kappa shape index (κ1) is 19.0. The van der Waals surface area contributed by atoms with Crippen molar-refractivity contribution in [2.45, 2.75) is 13.5 Å². The molecule has 0 saturated heterocycles. The predicted octanol–water partition coefficient (Wildman–Crippen LogP) is 4.01. The average Bonchev–Trinajstić information content (AvgIpc) is 3.36. The van der Waals surface area contributed by atoms with Crippen molar-refractivity contribution in [3.8, 4) is 33.6 Å². The van der Waals surface area contributed by atoms with Gasteiger partial charge in [-0.1, -0.05) is 12.1 Å². The first-order valence-corrected chi connectivity index (χ1v) is 9.46. The molecule has 3 heterocycles. The molecule has 29 heavy (non-hydrogen) atoms. The zero-order chi connectivity index (χ0) is 20.4. The van der Waals surface area contributed by atoms with Gasteiger partial charge in [-0.05, 0) is 50.8 Å². The summed E-state index contributed by atoms with van der Waals surface area (Å²) in [4.78, 5) is 6.66. The fraction of sp³-hybridized carbons (Fsp3) is 0.227. The average molecular weight is 390 g/mol. The third-order valence-electron chi connectivity index (χ3n) is 4.78. The van der Waals surface area contributed by atoms with E-state index in [0.29, 0.717) is 5.56 Å². The van der Waals surface area contributed by atoms with Gasteiger partial charge in [-0.25, -0.2) is 4.39 Å². The number of pyridine rings is 1. The summed E-state index contributed by atoms with van der Waals surface area (Å²) in [6.07, 6.45) is 5.33. The van der Waals surface area contributed by atoms with Crippen molar-refractivity contribution in [1.29, 1.82) is 0 Å². The first-order chi connectivity index (χ1) is 14.0. The van der Waals surface area contributed by atoms with Crippen molar-refractivity contribution in [3.05, 3.63) is 66.5 Å². The van der Waals surface area contributed by atoms with Gasteiger partial charge >= 0.3 is 0 Å². The largest absolute Gasteiger partial charge is 0.308 e. The van der Waals surface area contributed by atoms with Crippen LogP contribution in [0.2, 0.25) is 0 Å². The first-order valence-electron chi connectivity index (χ1n) is 9.46. The third kappa shape index (κ3) is 4.09. The Morgan fingerprint density at radius 1 is 1.07 bits per heavy atom. The fourth-order valence-electron chi connectivity index (χ4n) is 3.22. The second-order valence-corrected chi connectivity index (χ2v) is 7.31. The summed E-state index contributed by atoms with van der Waals surface area (Å²) in [5, 5.41) is 11.6. The molecule has 0 unspecified atom stereocenters. The molecule has 0 bridgehead atoms. The molecule has 1 N–H and O–H groups in total. The van der Waals surface area contributed by atoms with Crippen LogP contribution >= 0.6 is 0 Å². The highest BCUT2D eigenvalue weighted by molar-refractivity contribution is 5.81. The van der Waals surface area contributed by atoms with Gasteiger partial charge in [-0.2, -0.15) is 10.2 Å². The van der Waals surface area contributed by atoms with Crippen molar-refractivity contribution in [1.82, 2.24) is 29.9 Å². The molecule has 1 aromatic carbocycles. The van der Waals surface area contributed by atoms with Crippen LogP contribution in [0, 0.1) is 12.7 Å². The number of nitrogens with zero attached hydrogens (tertiary/aromatic N) is 5. The van der Waals surface area contributed by atoms with E-state index in [9.17, 15) is 4.39 Å². The molecule has 0 fully saturated rings. The van der Waals surface area contributed by atoms with Crippen LogP contribution in [0.5, 0.6) is 0 Å². The van der Waals surface area contributed by atoms with E-state index in [1.807, 2.05) is 56.2 Å². The Labute approximate surface area is 169 Å². The number of aromatic amines is 1. The molecular formula is C22H23FN6. The van der Waals surface area contributed by atoms with Crippen molar-refractivity contribution in [2.24, 2.45) is 0 Å². The highest BCUT2D eigenvalue weighted by Crippen LogP contribution is 2.33. The Morgan fingerprint density at radius 3 is 2.72 bits per heavy atom. The number of benzene rings is 1. The molecule has 4 rings (SSSR count). The van der Waals surface area contributed by atoms with E-state index < -0.39 is 0 Å². The van der Waals surface area contributed by atoms with Gasteiger partial charge in [0.1, 0.15) is 5.82 Å². The minimum absolute atomic E-state index is 0.278. The Kier molecular flexibility index (Phi) is 5.22. The van der Waals surface area contributed by atoms with E-state index >= 15 is 0 Å². The number of aryl methyl sites for hydroxylation is 1. The lowest BCUT2D eigenvalue weighted by atomic mass is 9.99. The highest BCUT2D eigenvalue weighted by atomic mass is 19.1. The van der Waals surface area contributed by atoms with E-state index in [4.69, 9.17) is 0 Å². The van der Waals surface area contributed by atoms with Gasteiger partial charge in [0, 0.05) is 35.1 Å². The number of hydrogen-bond donors (Lipinski definition) is 1. The van der Waals surface area contributed by atoms with Crippen LogP contribution in [0.15, 0.2) is 55.0 Å². The zero-order valence-corrected chi connectivity index (χ0v) is 16.7. The third-order valence-corrected chi connectivity index (χ3v) is 4.78. The molecule has 0 atom stereocenters. The van der Waals surface area contributed by atoms with E-state index in [1.54, 1.807) is 18.5 Å². The quantitative estimate of drug-likeness (QED) is 0.540. The van der Waals surface area contributed by atoms with E-state index in [1.165, 1.54) is 6.07 Å². The summed E-state index contributed by atoms with van der Waals surface area (Å²) >= 11 is 0. The van der Waals surface area contributed by atoms with Crippen molar-refractivity contribution < 1.29 is 4.39 Å². The maximum atomic E-state index is 14.6. The molecule has 0 aliphatic carbocycles. The van der Waals surface area contributed by atoms with Gasteiger partial charge < -0.3 is 4.90 Å². The van der Waals surface area contributed by atoms with Crippen LogP contribution in [-0.2, 0) is 6.54 Å². The van der Waals surface area contributed by atoms with Gasteiger partial charge in [0.15, 0.2) is 0 Å². The smallest absolute Gasteiger partial charge is 0.131 e. The standard InChI is InChI=1S/C22H23FN6/c1-15-5-4-6-21(26-15)22-19(13-24-27-22)16-7-8-20(23)18(11-16)17-12-25-29(14-17)10-9-28(2)3/h4-8,11-14H,9-10H2,1-3H3,(H,24,27). The predicted molar refractivity (Wildman–Crippen MR) is 112 cm³/mol. The summed E-state index contributed by atoms with van der Waals surface area (Å²) < 4.78 is 16.5. The Hall–Kier alpha value is -3.32. The number of hydrogen-bond acceptors (Lipinski definition) is 4. The summed E-state index contributed by atoms with van der Waals surface area (Å²) in [7, 11) is 4.03. The topological polar surface area (TPSA) is 62.6 Å². The van der Waals surface area contributed by atoms with E-state index in [0.717, 1.165) is 46.9 Å². The summed E-state index contributed by atoms with van der Waals surface area (Å²) in [5.74, 6) is -0.278. The van der Waals surface area contributed by atoms with Gasteiger partial charge in [0.05, 0.1) is 30.3 Å². The van der Waals surface area contributed by atoms with Gasteiger partial charge in [-0.3, -0.25) is 14.8 Å². The summed E-state index contributed by atoms with van der Waals surface area (Å²) in [5.41, 5.74) is 5.56. The SMILES string of the molecule is Cc1cccc(-c2[nH]ncc2-c2ccc(F)c(-c3cnn(CCN(C)C)c3)c2)n1. The maximum Gasteiger partial charge on any atom is 0.131 e. The highest BCUT2D eigenvalue weighted by Gasteiger charge is 2.15. The fourth-order valence-corrected chi connectivity index (χ4v) is 3.22. The molecule has 0 amide bonds. The van der Waals surface area contributed by atoms with Gasteiger partial charge in [0.2, 0.25) is 0 Å². The van der Waals surface area contributed by atoms with E-state index in [2.05, 4.69) is 25.2 Å². The second-order valence-electron chi connectivity index (χ2n) is 7.31. The summed E-state index contributed by atoms with van der Waals surface area (Å²) in [6.45, 7) is 3.56. The maximum absolute atomic E-state index is 14.6. The monoisotopic (exact) mass is 390 g/mol. The second kappa shape index (κ2) is 7.97. The minimum Gasteiger partial charge on any atom is -0.308 e. The lowest BCUT2D eigenvalue weighted by Gasteiger charge is -2.09. The molecule has 0 aliphatic heterocycles. The molecule has 0 aliphatic rings. The molecule has 3 aromatic heterocycles. The van der Waals surface area contributed by atoms with E-state index in [-0.39, 0.29) is 5.82 Å². The Bertz CT molecular complexity index is 1130. The summed E-state index contributed by atoms with van der Waals surface area (Å²) in [6, 6.07) is 10.9. The van der Waals surface area contributed by atoms with Crippen LogP contribution in [0.4, 0.5) is 4.39 Å². The number of aromatic nitrogens is 5. The molecule has 6 nitrogen and oxygen atoms in total. The molecular weight excluding hydrogens is 367 g/mol. The number of likely N-dealkylation sites (N-methyl/N-ethyl adjacent to an activating group) is 1. The van der Waals surface area contributed by atoms with Crippen LogP contribution < -0.4 is 0 Å². The van der Waals surface area contributed by atoms with Crippen molar-refractivity contribution in [3.63, 3.8) is 0 Å². The Balaban J connectivity index is 1.69. The van der Waals surface area contributed by atoms with Crippen molar-refractivity contribution >= 4 is 0 Å². The molecule has 148 valence electrons. The lowest BCUT2D eigenvalue weighted by Crippen LogP contribution is -2.18. The molecule has 0 spiro atoms. The number of halogens is 1. The Morgan fingerprint density at radius 2 is 1.93 bits per heavy atom. The van der Waals surface area contributed by atoms with Crippen LogP contribution in [0.3, 0.4) is 0 Å². The van der Waals surface area contributed by atoms with Crippen LogP contribution in [0.1, 0.15) is 5.69 Å². The molecule has 7 heteroatoms. The zero-order valence-electron chi connectivity index (χ0n) is 16.7. The number of nitrogens with one attached hydrogen (secondary N) is 1. The van der Waals surface area contributed by atoms with Crippen LogP contribution in [0.25, 0.3) is 33.6 Å². The molecule has 0 radical (unpaired) electrons. The van der Waals surface area contributed by atoms with Crippen molar-refractivity contribution in [2.75, 3.05) is 20.6 Å². The molecule has 0 saturated carbocycles. The lowest BCUT2D eigenvalue weighted by molar-refractivity contribution is 0.373. The number of H-pyrrole nitrogens is 1. The van der Waals surface area contributed by atoms with Crippen LogP contribution in [-0.4, -0.2) is 50.5 Å². The minimum atomic E-state index is -0.278. The van der Waals surface area contributed by atoms with Gasteiger partial charge in [-0.15, -0.1) is 0 Å².